The maximum absolute atomic E-state index is 12.4. The van der Waals surface area contributed by atoms with Gasteiger partial charge in [0.2, 0.25) is 0 Å². The van der Waals surface area contributed by atoms with Gasteiger partial charge in [-0.05, 0) is 38.8 Å². The topological polar surface area (TPSA) is 68.3 Å². The van der Waals surface area contributed by atoms with Crippen molar-refractivity contribution in [2.75, 3.05) is 5.32 Å². The third-order valence-electron chi connectivity index (χ3n) is 4.31. The zero-order valence-corrected chi connectivity index (χ0v) is 17.9. The van der Waals surface area contributed by atoms with E-state index in [0.717, 1.165) is 27.4 Å². The van der Waals surface area contributed by atoms with Crippen molar-refractivity contribution in [1.82, 2.24) is 4.98 Å². The predicted molar refractivity (Wildman–Crippen MR) is 114 cm³/mol. The third-order valence-corrected chi connectivity index (χ3v) is 6.03. The van der Waals surface area contributed by atoms with Crippen LogP contribution in [0, 0.1) is 13.8 Å². The number of carbonyl (C=O) groups excluding carboxylic acids is 2. The van der Waals surface area contributed by atoms with Crippen molar-refractivity contribution in [2.24, 2.45) is 0 Å². The van der Waals surface area contributed by atoms with E-state index in [1.54, 1.807) is 13.0 Å². The number of esters is 1. The molecule has 1 N–H and O–H groups in total. The molecule has 0 bridgehead atoms. The molecule has 2 heterocycles. The van der Waals surface area contributed by atoms with Crippen LogP contribution in [-0.4, -0.2) is 23.0 Å². The Morgan fingerprint density at radius 2 is 1.93 bits per heavy atom. The number of rotatable bonds is 6. The normalized spacial score (nSPS) is 11.9. The van der Waals surface area contributed by atoms with Crippen LogP contribution in [-0.2, 0) is 16.0 Å². The Kier molecular flexibility index (Phi) is 6.26. The average molecular weight is 415 g/mol. The maximum atomic E-state index is 12.4. The van der Waals surface area contributed by atoms with Crippen LogP contribution in [0.25, 0.3) is 11.3 Å². The Bertz CT molecular complexity index is 990. The van der Waals surface area contributed by atoms with Gasteiger partial charge < -0.3 is 4.74 Å². The molecule has 1 atom stereocenters. The van der Waals surface area contributed by atoms with Gasteiger partial charge in [0.05, 0.1) is 11.3 Å². The van der Waals surface area contributed by atoms with Crippen molar-refractivity contribution in [3.63, 3.8) is 0 Å². The highest BCUT2D eigenvalue weighted by Crippen LogP contribution is 2.26. The van der Waals surface area contributed by atoms with Crippen LogP contribution in [0.15, 0.2) is 35.7 Å². The number of anilines is 1. The minimum absolute atomic E-state index is 0.403. The van der Waals surface area contributed by atoms with Crippen LogP contribution in [0.2, 0.25) is 0 Å². The lowest BCUT2D eigenvalue weighted by atomic mass is 10.1. The number of aryl methyl sites for hydroxylation is 3. The molecule has 0 aliphatic heterocycles. The summed E-state index contributed by atoms with van der Waals surface area (Å²) >= 11 is 2.87. The quantitative estimate of drug-likeness (QED) is 0.561. The van der Waals surface area contributed by atoms with E-state index < -0.39 is 18.0 Å². The third kappa shape index (κ3) is 4.66. The van der Waals surface area contributed by atoms with E-state index in [9.17, 15) is 9.59 Å². The number of nitrogens with one attached hydrogen (secondary N) is 1. The molecule has 0 saturated carbocycles. The molecule has 0 spiro atoms. The molecule has 5 nitrogen and oxygen atoms in total. The molecule has 0 unspecified atom stereocenters. The molecule has 0 fully saturated rings. The molecule has 146 valence electrons. The van der Waals surface area contributed by atoms with E-state index in [2.05, 4.69) is 29.4 Å². The van der Waals surface area contributed by atoms with Crippen LogP contribution in [0.1, 0.15) is 39.5 Å². The monoisotopic (exact) mass is 414 g/mol. The second-order valence-corrected chi connectivity index (χ2v) is 8.77. The number of hydrogen-bond donors (Lipinski definition) is 1. The average Bonchev–Trinajstić information content (AvgIpc) is 3.27. The molecule has 0 aliphatic rings. The standard InChI is InChI=1S/C21H22N2O3S2/c1-5-15-6-8-16(9-7-15)18-11-27-21(22-18)23-19(24)13(3)26-20(25)17-10-12(2)28-14(17)4/h6-11,13H,5H2,1-4H3,(H,22,23,24)/t13-/m0/s1. The highest BCUT2D eigenvalue weighted by atomic mass is 32.1. The summed E-state index contributed by atoms with van der Waals surface area (Å²) in [4.78, 5) is 31.0. The van der Waals surface area contributed by atoms with Crippen molar-refractivity contribution in [1.29, 1.82) is 0 Å². The second kappa shape index (κ2) is 8.67. The molecule has 0 aliphatic carbocycles. The van der Waals surface area contributed by atoms with Crippen molar-refractivity contribution >= 4 is 39.7 Å². The van der Waals surface area contributed by atoms with Crippen LogP contribution in [0.3, 0.4) is 0 Å². The summed E-state index contributed by atoms with van der Waals surface area (Å²) in [5.74, 6) is -0.888. The Hall–Kier alpha value is -2.51. The molecule has 28 heavy (non-hydrogen) atoms. The first kappa shape index (κ1) is 20.2. The summed E-state index contributed by atoms with van der Waals surface area (Å²) in [5.41, 5.74) is 3.57. The molecule has 0 saturated heterocycles. The molecule has 2 aromatic heterocycles. The fraction of sp³-hybridized carbons (Fsp3) is 0.286. The molecule has 1 aromatic carbocycles. The minimum Gasteiger partial charge on any atom is -0.449 e. The number of amides is 1. The van der Waals surface area contributed by atoms with E-state index in [-0.39, 0.29) is 0 Å². The van der Waals surface area contributed by atoms with Gasteiger partial charge in [-0.25, -0.2) is 9.78 Å². The summed E-state index contributed by atoms with van der Waals surface area (Å²) in [5, 5.41) is 5.10. The van der Waals surface area contributed by atoms with Gasteiger partial charge in [0, 0.05) is 20.7 Å². The first-order chi connectivity index (χ1) is 13.4. The number of thiazole rings is 1. The first-order valence-corrected chi connectivity index (χ1v) is 10.7. The Morgan fingerprint density at radius 3 is 2.54 bits per heavy atom. The lowest BCUT2D eigenvalue weighted by Crippen LogP contribution is -2.30. The first-order valence-electron chi connectivity index (χ1n) is 9.01. The second-order valence-electron chi connectivity index (χ2n) is 6.45. The van der Waals surface area contributed by atoms with E-state index in [0.29, 0.717) is 10.7 Å². The number of ether oxygens (including phenoxy) is 1. The molecule has 3 aromatic rings. The SMILES string of the molecule is CCc1ccc(-c2csc(NC(=O)[C@H](C)OC(=O)c3cc(C)sc3C)n2)cc1. The number of aromatic nitrogens is 1. The van der Waals surface area contributed by atoms with E-state index in [4.69, 9.17) is 4.74 Å². The number of hydrogen-bond acceptors (Lipinski definition) is 6. The molecule has 3 rings (SSSR count). The van der Waals surface area contributed by atoms with Crippen molar-refractivity contribution < 1.29 is 14.3 Å². The van der Waals surface area contributed by atoms with E-state index >= 15 is 0 Å². The van der Waals surface area contributed by atoms with Crippen LogP contribution in [0.4, 0.5) is 5.13 Å². The molecular formula is C21H22N2O3S2. The minimum atomic E-state index is -0.914. The molecule has 7 heteroatoms. The number of carbonyl (C=O) groups is 2. The lowest BCUT2D eigenvalue weighted by molar-refractivity contribution is -0.123. The Morgan fingerprint density at radius 1 is 1.21 bits per heavy atom. The number of nitrogens with zero attached hydrogens (tertiary/aromatic N) is 1. The molecular weight excluding hydrogens is 392 g/mol. The molecule has 0 radical (unpaired) electrons. The lowest BCUT2D eigenvalue weighted by Gasteiger charge is -2.12. The summed E-state index contributed by atoms with van der Waals surface area (Å²) in [6.45, 7) is 7.46. The van der Waals surface area contributed by atoms with Gasteiger partial charge in [-0.1, -0.05) is 31.2 Å². The zero-order chi connectivity index (χ0) is 20.3. The van der Waals surface area contributed by atoms with E-state index in [1.165, 1.54) is 28.2 Å². The van der Waals surface area contributed by atoms with Gasteiger partial charge in [0.25, 0.3) is 5.91 Å². The zero-order valence-electron chi connectivity index (χ0n) is 16.2. The van der Waals surface area contributed by atoms with Gasteiger partial charge >= 0.3 is 5.97 Å². The predicted octanol–water partition coefficient (Wildman–Crippen LogP) is 5.23. The Labute approximate surface area is 172 Å². The van der Waals surface area contributed by atoms with Crippen molar-refractivity contribution in [3.05, 3.63) is 56.6 Å². The van der Waals surface area contributed by atoms with Gasteiger partial charge in [-0.3, -0.25) is 10.1 Å². The Balaban J connectivity index is 1.61. The fourth-order valence-corrected chi connectivity index (χ4v) is 4.33. The van der Waals surface area contributed by atoms with Gasteiger partial charge in [0.1, 0.15) is 0 Å². The molecule has 1 amide bonds. The maximum Gasteiger partial charge on any atom is 0.340 e. The summed E-state index contributed by atoms with van der Waals surface area (Å²) < 4.78 is 5.31. The fourth-order valence-electron chi connectivity index (χ4n) is 2.69. The van der Waals surface area contributed by atoms with Gasteiger partial charge in [0.15, 0.2) is 11.2 Å². The van der Waals surface area contributed by atoms with Crippen LogP contribution >= 0.6 is 22.7 Å². The van der Waals surface area contributed by atoms with Crippen LogP contribution in [0.5, 0.6) is 0 Å². The number of thiophene rings is 1. The van der Waals surface area contributed by atoms with Crippen molar-refractivity contribution in [3.8, 4) is 11.3 Å². The van der Waals surface area contributed by atoms with Gasteiger partial charge in [-0.15, -0.1) is 22.7 Å². The largest absolute Gasteiger partial charge is 0.449 e. The summed E-state index contributed by atoms with van der Waals surface area (Å²) in [6.07, 6.45) is 0.0722. The van der Waals surface area contributed by atoms with Crippen molar-refractivity contribution in [2.45, 2.75) is 40.2 Å². The van der Waals surface area contributed by atoms with Gasteiger partial charge in [-0.2, -0.15) is 0 Å². The highest BCUT2D eigenvalue weighted by molar-refractivity contribution is 7.14. The smallest absolute Gasteiger partial charge is 0.340 e. The summed E-state index contributed by atoms with van der Waals surface area (Å²) in [7, 11) is 0. The summed E-state index contributed by atoms with van der Waals surface area (Å²) in [6, 6.07) is 9.97. The highest BCUT2D eigenvalue weighted by Gasteiger charge is 2.22. The number of benzene rings is 1. The van der Waals surface area contributed by atoms with Crippen LogP contribution < -0.4 is 5.32 Å². The van der Waals surface area contributed by atoms with E-state index in [1.807, 2.05) is 31.4 Å².